The molecule has 1 aliphatic heterocycles. The second-order valence-corrected chi connectivity index (χ2v) is 5.88. The van der Waals surface area contributed by atoms with E-state index in [1.807, 2.05) is 18.2 Å². The highest BCUT2D eigenvalue weighted by Gasteiger charge is 2.10. The van der Waals surface area contributed by atoms with E-state index in [0.717, 1.165) is 31.6 Å². The molecule has 0 fully saturated rings. The Morgan fingerprint density at radius 2 is 2.05 bits per heavy atom. The molecule has 1 heterocycles. The van der Waals surface area contributed by atoms with Gasteiger partial charge in [0.1, 0.15) is 0 Å². The maximum atomic E-state index is 12.1. The van der Waals surface area contributed by atoms with Gasteiger partial charge in [0.05, 0.1) is 0 Å². The molecule has 2 N–H and O–H groups in total. The quantitative estimate of drug-likeness (QED) is 0.909. The van der Waals surface area contributed by atoms with Gasteiger partial charge in [-0.05, 0) is 60.7 Å². The Balaban J connectivity index is 1.59. The zero-order valence-corrected chi connectivity index (χ0v) is 13.0. The average molecular weight is 294 g/mol. The van der Waals surface area contributed by atoms with Gasteiger partial charge in [-0.1, -0.05) is 30.3 Å². The second kappa shape index (κ2) is 6.75. The highest BCUT2D eigenvalue weighted by molar-refractivity contribution is 5.91. The SMILES string of the molecule is Cc1ccccc1CCC(=O)Nc1ccc2c(c1)CNCC2. The number of amides is 1. The van der Waals surface area contributed by atoms with Crippen LogP contribution in [-0.2, 0) is 24.2 Å². The predicted octanol–water partition coefficient (Wildman–Crippen LogP) is 3.21. The fourth-order valence-electron chi connectivity index (χ4n) is 2.92. The summed E-state index contributed by atoms with van der Waals surface area (Å²) in [5.74, 6) is 0.0759. The van der Waals surface area contributed by atoms with E-state index in [9.17, 15) is 4.79 Å². The molecule has 0 unspecified atom stereocenters. The molecule has 114 valence electrons. The molecular weight excluding hydrogens is 272 g/mol. The molecule has 0 bridgehead atoms. The van der Waals surface area contributed by atoms with Crippen molar-refractivity contribution in [1.29, 1.82) is 0 Å². The van der Waals surface area contributed by atoms with Crippen LogP contribution in [0.1, 0.15) is 28.7 Å². The van der Waals surface area contributed by atoms with Crippen LogP contribution in [0.2, 0.25) is 0 Å². The fraction of sp³-hybridized carbons (Fsp3) is 0.316. The van der Waals surface area contributed by atoms with Gasteiger partial charge in [-0.15, -0.1) is 0 Å². The molecule has 0 saturated heterocycles. The Bertz CT molecular complexity index is 679. The van der Waals surface area contributed by atoms with Crippen molar-refractivity contribution in [3.8, 4) is 0 Å². The number of hydrogen-bond donors (Lipinski definition) is 2. The Hall–Kier alpha value is -2.13. The Labute approximate surface area is 131 Å². The lowest BCUT2D eigenvalue weighted by molar-refractivity contribution is -0.116. The van der Waals surface area contributed by atoms with Gasteiger partial charge in [-0.2, -0.15) is 0 Å². The molecule has 2 aromatic carbocycles. The van der Waals surface area contributed by atoms with E-state index in [4.69, 9.17) is 0 Å². The zero-order chi connectivity index (χ0) is 15.4. The van der Waals surface area contributed by atoms with Crippen LogP contribution in [0, 0.1) is 6.92 Å². The molecule has 0 saturated carbocycles. The Morgan fingerprint density at radius 1 is 1.18 bits per heavy atom. The molecule has 1 aliphatic rings. The monoisotopic (exact) mass is 294 g/mol. The van der Waals surface area contributed by atoms with Crippen molar-refractivity contribution in [1.82, 2.24) is 5.32 Å². The van der Waals surface area contributed by atoms with Gasteiger partial charge >= 0.3 is 0 Å². The number of carbonyl (C=O) groups is 1. The van der Waals surface area contributed by atoms with Crippen molar-refractivity contribution in [2.45, 2.75) is 32.7 Å². The molecule has 0 atom stereocenters. The summed E-state index contributed by atoms with van der Waals surface area (Å²) in [4.78, 5) is 12.1. The third-order valence-corrected chi connectivity index (χ3v) is 4.26. The minimum absolute atomic E-state index is 0.0759. The summed E-state index contributed by atoms with van der Waals surface area (Å²) in [6.07, 6.45) is 2.36. The summed E-state index contributed by atoms with van der Waals surface area (Å²) in [7, 11) is 0. The van der Waals surface area contributed by atoms with Crippen molar-refractivity contribution in [2.75, 3.05) is 11.9 Å². The van der Waals surface area contributed by atoms with Gasteiger partial charge in [0, 0.05) is 18.7 Å². The molecule has 22 heavy (non-hydrogen) atoms. The maximum absolute atomic E-state index is 12.1. The number of fused-ring (bicyclic) bond motifs is 1. The normalized spacial score (nSPS) is 13.5. The van der Waals surface area contributed by atoms with Crippen molar-refractivity contribution < 1.29 is 4.79 Å². The van der Waals surface area contributed by atoms with Gasteiger partial charge in [-0.3, -0.25) is 4.79 Å². The highest BCUT2D eigenvalue weighted by Crippen LogP contribution is 2.19. The molecule has 0 spiro atoms. The standard InChI is InChI=1S/C19H22N2O/c1-14-4-2-3-5-15(14)7-9-19(22)21-18-8-6-16-10-11-20-13-17(16)12-18/h2-6,8,12,20H,7,9-11,13H2,1H3,(H,21,22). The van der Waals surface area contributed by atoms with E-state index in [1.54, 1.807) is 0 Å². The van der Waals surface area contributed by atoms with Gasteiger partial charge in [0.15, 0.2) is 0 Å². The molecule has 3 nitrogen and oxygen atoms in total. The van der Waals surface area contributed by atoms with Crippen molar-refractivity contribution in [2.24, 2.45) is 0 Å². The van der Waals surface area contributed by atoms with Gasteiger partial charge < -0.3 is 10.6 Å². The van der Waals surface area contributed by atoms with Crippen molar-refractivity contribution in [3.63, 3.8) is 0 Å². The highest BCUT2D eigenvalue weighted by atomic mass is 16.1. The number of carbonyl (C=O) groups excluding carboxylic acids is 1. The summed E-state index contributed by atoms with van der Waals surface area (Å²) in [5, 5.41) is 6.38. The predicted molar refractivity (Wildman–Crippen MR) is 90.0 cm³/mol. The summed E-state index contributed by atoms with van der Waals surface area (Å²) < 4.78 is 0. The van der Waals surface area contributed by atoms with E-state index >= 15 is 0 Å². The summed E-state index contributed by atoms with van der Waals surface area (Å²) in [5.41, 5.74) is 6.07. The third-order valence-electron chi connectivity index (χ3n) is 4.26. The van der Waals surface area contributed by atoms with Crippen LogP contribution < -0.4 is 10.6 Å². The van der Waals surface area contributed by atoms with Crippen LogP contribution in [-0.4, -0.2) is 12.5 Å². The molecule has 0 aliphatic carbocycles. The van der Waals surface area contributed by atoms with E-state index in [2.05, 4.69) is 41.8 Å². The first-order chi connectivity index (χ1) is 10.7. The molecule has 3 rings (SSSR count). The second-order valence-electron chi connectivity index (χ2n) is 5.88. The fourth-order valence-corrected chi connectivity index (χ4v) is 2.92. The van der Waals surface area contributed by atoms with Crippen LogP contribution in [0.25, 0.3) is 0 Å². The molecule has 3 heteroatoms. The number of benzene rings is 2. The number of anilines is 1. The van der Waals surface area contributed by atoms with Gasteiger partial charge in [-0.25, -0.2) is 0 Å². The summed E-state index contributed by atoms with van der Waals surface area (Å²) in [6, 6.07) is 14.5. The first-order valence-corrected chi connectivity index (χ1v) is 7.89. The number of aryl methyl sites for hydroxylation is 2. The number of rotatable bonds is 4. The first kappa shape index (κ1) is 14.8. The van der Waals surface area contributed by atoms with Crippen LogP contribution in [0.4, 0.5) is 5.69 Å². The summed E-state index contributed by atoms with van der Waals surface area (Å²) in [6.45, 7) is 4.01. The van der Waals surface area contributed by atoms with Gasteiger partial charge in [0.2, 0.25) is 5.91 Å². The smallest absolute Gasteiger partial charge is 0.224 e. The number of nitrogens with one attached hydrogen (secondary N) is 2. The summed E-state index contributed by atoms with van der Waals surface area (Å²) >= 11 is 0. The van der Waals surface area contributed by atoms with Gasteiger partial charge in [0.25, 0.3) is 0 Å². The maximum Gasteiger partial charge on any atom is 0.224 e. The Morgan fingerprint density at radius 3 is 2.91 bits per heavy atom. The van der Waals surface area contributed by atoms with Crippen molar-refractivity contribution in [3.05, 3.63) is 64.7 Å². The lowest BCUT2D eigenvalue weighted by atomic mass is 10.0. The zero-order valence-electron chi connectivity index (χ0n) is 13.0. The van der Waals surface area contributed by atoms with E-state index in [0.29, 0.717) is 6.42 Å². The van der Waals surface area contributed by atoms with Crippen molar-refractivity contribution >= 4 is 11.6 Å². The molecular formula is C19H22N2O. The van der Waals surface area contributed by atoms with Crippen LogP contribution in [0.5, 0.6) is 0 Å². The Kier molecular flexibility index (Phi) is 4.54. The topological polar surface area (TPSA) is 41.1 Å². The first-order valence-electron chi connectivity index (χ1n) is 7.89. The van der Waals surface area contributed by atoms with Crippen LogP contribution in [0.3, 0.4) is 0 Å². The van der Waals surface area contributed by atoms with E-state index in [-0.39, 0.29) is 5.91 Å². The van der Waals surface area contributed by atoms with Crippen LogP contribution in [0.15, 0.2) is 42.5 Å². The number of hydrogen-bond acceptors (Lipinski definition) is 2. The molecule has 0 radical (unpaired) electrons. The molecule has 2 aromatic rings. The van der Waals surface area contributed by atoms with E-state index < -0.39 is 0 Å². The lowest BCUT2D eigenvalue weighted by Crippen LogP contribution is -2.23. The minimum Gasteiger partial charge on any atom is -0.326 e. The lowest BCUT2D eigenvalue weighted by Gasteiger charge is -2.18. The molecule has 1 amide bonds. The largest absolute Gasteiger partial charge is 0.326 e. The van der Waals surface area contributed by atoms with Crippen LogP contribution >= 0.6 is 0 Å². The minimum atomic E-state index is 0.0759. The third kappa shape index (κ3) is 3.55. The molecule has 0 aromatic heterocycles. The van der Waals surface area contributed by atoms with E-state index in [1.165, 1.54) is 22.3 Å². The average Bonchev–Trinajstić information content (AvgIpc) is 2.54.